The van der Waals surface area contributed by atoms with Crippen molar-refractivity contribution in [2.45, 2.75) is 18.5 Å². The van der Waals surface area contributed by atoms with E-state index in [0.717, 1.165) is 22.2 Å². The second-order valence-corrected chi connectivity index (χ2v) is 8.02. The van der Waals surface area contributed by atoms with Crippen LogP contribution in [0.5, 0.6) is 0 Å². The molecule has 2 aliphatic rings. The van der Waals surface area contributed by atoms with E-state index in [1.54, 1.807) is 11.9 Å². The maximum Gasteiger partial charge on any atom is 0.275 e. The van der Waals surface area contributed by atoms with Gasteiger partial charge >= 0.3 is 0 Å². The largest absolute Gasteiger partial charge is 0.394 e. The molecule has 0 radical (unpaired) electrons. The van der Waals surface area contributed by atoms with Gasteiger partial charge < -0.3 is 24.6 Å². The molecule has 9 nitrogen and oxygen atoms in total. The van der Waals surface area contributed by atoms with E-state index in [4.69, 9.17) is 4.74 Å². The summed E-state index contributed by atoms with van der Waals surface area (Å²) in [7, 11) is 1.65. The van der Waals surface area contributed by atoms with Gasteiger partial charge in [-0.2, -0.15) is 5.10 Å². The highest BCUT2D eigenvalue weighted by Crippen LogP contribution is 2.28. The van der Waals surface area contributed by atoms with E-state index in [1.165, 1.54) is 4.90 Å². The average Bonchev–Trinajstić information content (AvgIpc) is 3.35. The number of likely N-dealkylation sites (N-methyl/N-ethyl adjacent to an activating group) is 1. The topological polar surface area (TPSA) is 115 Å². The van der Waals surface area contributed by atoms with E-state index in [1.807, 2.05) is 30.3 Å². The summed E-state index contributed by atoms with van der Waals surface area (Å²) >= 11 is 0. The molecule has 0 atom stereocenters. The Labute approximate surface area is 172 Å². The van der Waals surface area contributed by atoms with Crippen LogP contribution in [0.15, 0.2) is 30.3 Å². The number of carbonyl (C=O) groups excluding carboxylic acids is 2. The fraction of sp³-hybridized carbons (Fsp3) is 0.381. The Morgan fingerprint density at radius 3 is 2.83 bits per heavy atom. The number of hydrogen-bond acceptors (Lipinski definition) is 5. The Hall–Kier alpha value is -3.17. The third-order valence-corrected chi connectivity index (χ3v) is 6.24. The molecule has 2 aliphatic heterocycles. The van der Waals surface area contributed by atoms with Crippen molar-refractivity contribution >= 4 is 22.7 Å². The van der Waals surface area contributed by atoms with Gasteiger partial charge in [-0.05, 0) is 12.1 Å². The van der Waals surface area contributed by atoms with Gasteiger partial charge in [0.2, 0.25) is 0 Å². The third-order valence-electron chi connectivity index (χ3n) is 6.24. The van der Waals surface area contributed by atoms with Gasteiger partial charge in [0.1, 0.15) is 11.2 Å². The Morgan fingerprint density at radius 2 is 2.13 bits per heavy atom. The Kier molecular flexibility index (Phi) is 4.37. The first kappa shape index (κ1) is 18.8. The molecule has 0 spiro atoms. The molecule has 0 saturated carbocycles. The van der Waals surface area contributed by atoms with Gasteiger partial charge in [0, 0.05) is 42.2 Å². The van der Waals surface area contributed by atoms with Crippen LogP contribution in [-0.2, 0) is 17.7 Å². The number of amides is 2. The fourth-order valence-electron chi connectivity index (χ4n) is 4.11. The minimum absolute atomic E-state index is 0.107. The standard InChI is InChI=1S/C21H23N5O4/c1-25(21(10-27)11-30-12-21)20(29)18-14-9-26(7-6-16(14)23-24-18)19(28)17-8-13-4-2-3-5-15(13)22-17/h2-5,8,22,27H,6-7,9-12H2,1H3,(H,23,24). The van der Waals surface area contributed by atoms with Gasteiger partial charge in [0.15, 0.2) is 5.69 Å². The van der Waals surface area contributed by atoms with Crippen LogP contribution >= 0.6 is 0 Å². The number of rotatable bonds is 4. The fourth-order valence-corrected chi connectivity index (χ4v) is 4.11. The van der Waals surface area contributed by atoms with E-state index in [2.05, 4.69) is 15.2 Å². The first-order chi connectivity index (χ1) is 14.5. The lowest BCUT2D eigenvalue weighted by atomic mass is 9.95. The minimum atomic E-state index is -0.711. The smallest absolute Gasteiger partial charge is 0.275 e. The highest BCUT2D eigenvalue weighted by molar-refractivity contribution is 5.99. The molecule has 1 saturated heterocycles. The SMILES string of the molecule is CN(C(=O)c1n[nH]c2c1CN(C(=O)c1cc3ccccc3[nH]1)CC2)C1(CO)COC1. The summed E-state index contributed by atoms with van der Waals surface area (Å²) in [6, 6.07) is 9.60. The van der Waals surface area contributed by atoms with E-state index < -0.39 is 5.54 Å². The van der Waals surface area contributed by atoms with E-state index in [-0.39, 0.29) is 18.4 Å². The summed E-state index contributed by atoms with van der Waals surface area (Å²) in [6.07, 6.45) is 0.597. The van der Waals surface area contributed by atoms with Gasteiger partial charge in [-0.1, -0.05) is 18.2 Å². The average molecular weight is 409 g/mol. The lowest BCUT2D eigenvalue weighted by Crippen LogP contribution is -2.65. The van der Waals surface area contributed by atoms with Crippen LogP contribution in [0, 0.1) is 0 Å². The van der Waals surface area contributed by atoms with Crippen molar-refractivity contribution in [2.24, 2.45) is 0 Å². The molecule has 2 amide bonds. The maximum absolute atomic E-state index is 13.1. The molecule has 9 heteroatoms. The number of aromatic nitrogens is 3. The number of ether oxygens (including phenoxy) is 1. The van der Waals surface area contributed by atoms with Crippen LogP contribution in [0.4, 0.5) is 0 Å². The van der Waals surface area contributed by atoms with Crippen molar-refractivity contribution in [3.05, 3.63) is 53.0 Å². The summed E-state index contributed by atoms with van der Waals surface area (Å²) in [5.41, 5.74) is 2.63. The molecule has 5 rings (SSSR count). The number of aromatic amines is 2. The van der Waals surface area contributed by atoms with E-state index in [0.29, 0.717) is 44.1 Å². The van der Waals surface area contributed by atoms with Crippen molar-refractivity contribution < 1.29 is 19.4 Å². The second kappa shape index (κ2) is 6.96. The van der Waals surface area contributed by atoms with Crippen LogP contribution in [0.25, 0.3) is 10.9 Å². The molecule has 1 aromatic carbocycles. The van der Waals surface area contributed by atoms with Crippen LogP contribution < -0.4 is 0 Å². The summed E-state index contributed by atoms with van der Waals surface area (Å²) in [5.74, 6) is -0.395. The molecule has 0 aliphatic carbocycles. The molecule has 0 bridgehead atoms. The Morgan fingerprint density at radius 1 is 1.33 bits per heavy atom. The van der Waals surface area contributed by atoms with E-state index >= 15 is 0 Å². The van der Waals surface area contributed by atoms with Crippen molar-refractivity contribution in [1.82, 2.24) is 25.0 Å². The third kappa shape index (κ3) is 2.81. The monoisotopic (exact) mass is 409 g/mol. The van der Waals surface area contributed by atoms with Crippen molar-refractivity contribution in [3.8, 4) is 0 Å². The molecule has 156 valence electrons. The number of nitrogens with zero attached hydrogens (tertiary/aromatic N) is 3. The number of nitrogens with one attached hydrogen (secondary N) is 2. The number of aliphatic hydroxyl groups excluding tert-OH is 1. The molecule has 3 N–H and O–H groups in total. The number of fused-ring (bicyclic) bond motifs is 2. The lowest BCUT2D eigenvalue weighted by molar-refractivity contribution is -0.139. The number of carbonyl (C=O) groups is 2. The van der Waals surface area contributed by atoms with Crippen molar-refractivity contribution in [1.29, 1.82) is 0 Å². The predicted octanol–water partition coefficient (Wildman–Crippen LogP) is 0.923. The number of para-hydroxylation sites is 1. The van der Waals surface area contributed by atoms with Gasteiger partial charge in [-0.25, -0.2) is 0 Å². The van der Waals surface area contributed by atoms with Crippen molar-refractivity contribution in [3.63, 3.8) is 0 Å². The number of H-pyrrole nitrogens is 2. The van der Waals surface area contributed by atoms with Crippen LogP contribution in [0.2, 0.25) is 0 Å². The lowest BCUT2D eigenvalue weighted by Gasteiger charge is -2.46. The molecule has 0 unspecified atom stereocenters. The number of aliphatic hydroxyl groups is 1. The van der Waals surface area contributed by atoms with Gasteiger partial charge in [0.05, 0.1) is 26.4 Å². The van der Waals surface area contributed by atoms with Crippen LogP contribution in [-0.4, -0.2) is 80.9 Å². The highest BCUT2D eigenvalue weighted by Gasteiger charge is 2.45. The molecule has 4 heterocycles. The van der Waals surface area contributed by atoms with Gasteiger partial charge in [-0.3, -0.25) is 14.7 Å². The van der Waals surface area contributed by atoms with Gasteiger partial charge in [-0.15, -0.1) is 0 Å². The summed E-state index contributed by atoms with van der Waals surface area (Å²) in [4.78, 5) is 32.6. The molecule has 1 fully saturated rings. The van der Waals surface area contributed by atoms with E-state index in [9.17, 15) is 14.7 Å². The molecule has 2 aromatic heterocycles. The zero-order valence-corrected chi connectivity index (χ0v) is 16.6. The molecule has 30 heavy (non-hydrogen) atoms. The van der Waals surface area contributed by atoms with Crippen LogP contribution in [0.1, 0.15) is 32.2 Å². The summed E-state index contributed by atoms with van der Waals surface area (Å²) < 4.78 is 5.21. The number of benzene rings is 1. The van der Waals surface area contributed by atoms with Crippen LogP contribution in [0.3, 0.4) is 0 Å². The molecular weight excluding hydrogens is 386 g/mol. The normalized spacial score (nSPS) is 17.5. The Bertz CT molecular complexity index is 1090. The van der Waals surface area contributed by atoms with Gasteiger partial charge in [0.25, 0.3) is 11.8 Å². The Balaban J connectivity index is 1.39. The predicted molar refractivity (Wildman–Crippen MR) is 108 cm³/mol. The molecular formula is C21H23N5O4. The minimum Gasteiger partial charge on any atom is -0.394 e. The maximum atomic E-state index is 13.1. The summed E-state index contributed by atoms with van der Waals surface area (Å²) in [6.45, 7) is 1.26. The first-order valence-corrected chi connectivity index (χ1v) is 9.92. The summed E-state index contributed by atoms with van der Waals surface area (Å²) in [5, 5.41) is 17.9. The van der Waals surface area contributed by atoms with Crippen molar-refractivity contribution in [2.75, 3.05) is 33.4 Å². The number of hydrogen-bond donors (Lipinski definition) is 3. The zero-order chi connectivity index (χ0) is 20.9. The first-order valence-electron chi connectivity index (χ1n) is 9.92. The molecule has 3 aromatic rings. The highest BCUT2D eigenvalue weighted by atomic mass is 16.5. The quantitative estimate of drug-likeness (QED) is 0.593. The zero-order valence-electron chi connectivity index (χ0n) is 16.6. The second-order valence-electron chi connectivity index (χ2n) is 8.02.